The van der Waals surface area contributed by atoms with E-state index in [1.807, 2.05) is 17.9 Å². The van der Waals surface area contributed by atoms with Crippen molar-refractivity contribution >= 4 is 5.69 Å². The molecule has 0 bridgehead atoms. The first-order valence-electron chi connectivity index (χ1n) is 7.01. The first kappa shape index (κ1) is 14.3. The zero-order chi connectivity index (χ0) is 13.7. The summed E-state index contributed by atoms with van der Waals surface area (Å²) in [5, 5.41) is 3.45. The van der Waals surface area contributed by atoms with Crippen LogP contribution in [0.5, 0.6) is 0 Å². The fourth-order valence-electron chi connectivity index (χ4n) is 2.23. The summed E-state index contributed by atoms with van der Waals surface area (Å²) < 4.78 is 19.2. The second-order valence-electron chi connectivity index (χ2n) is 4.98. The third kappa shape index (κ3) is 3.91. The largest absolute Gasteiger partial charge is 0.383 e. The summed E-state index contributed by atoms with van der Waals surface area (Å²) in [6, 6.07) is 5.95. The van der Waals surface area contributed by atoms with Gasteiger partial charge in [-0.2, -0.15) is 0 Å². The van der Waals surface area contributed by atoms with Gasteiger partial charge in [0.05, 0.1) is 12.3 Å². The molecular weight excluding hydrogens is 243 g/mol. The molecule has 1 fully saturated rings. The highest BCUT2D eigenvalue weighted by atomic mass is 19.1. The molecule has 0 radical (unpaired) electrons. The molecule has 106 valence electrons. The number of likely N-dealkylation sites (N-methyl/N-ethyl adjacent to an activating group) is 1. The molecule has 1 saturated carbocycles. The minimum absolute atomic E-state index is 0.145. The number of methoxy groups -OCH3 is 1. The van der Waals surface area contributed by atoms with Gasteiger partial charge in [0.25, 0.3) is 0 Å². The van der Waals surface area contributed by atoms with Crippen molar-refractivity contribution in [1.82, 2.24) is 5.32 Å². The predicted molar refractivity (Wildman–Crippen MR) is 76.0 cm³/mol. The average molecular weight is 266 g/mol. The van der Waals surface area contributed by atoms with E-state index in [4.69, 9.17) is 4.74 Å². The number of benzene rings is 1. The maximum Gasteiger partial charge on any atom is 0.146 e. The molecule has 0 aromatic heterocycles. The highest BCUT2D eigenvalue weighted by Gasteiger charge is 2.21. The van der Waals surface area contributed by atoms with Crippen molar-refractivity contribution in [3.8, 4) is 0 Å². The summed E-state index contributed by atoms with van der Waals surface area (Å²) >= 11 is 0. The molecule has 4 heteroatoms. The Morgan fingerprint density at radius 1 is 1.42 bits per heavy atom. The van der Waals surface area contributed by atoms with Crippen LogP contribution in [0.4, 0.5) is 10.1 Å². The zero-order valence-corrected chi connectivity index (χ0v) is 11.8. The van der Waals surface area contributed by atoms with Crippen LogP contribution in [0.25, 0.3) is 0 Å². The van der Waals surface area contributed by atoms with Crippen LogP contribution in [0.3, 0.4) is 0 Å². The number of ether oxygens (including phenoxy) is 1. The molecule has 0 unspecified atom stereocenters. The van der Waals surface area contributed by atoms with Crippen LogP contribution in [-0.4, -0.2) is 32.8 Å². The molecule has 1 aromatic rings. The van der Waals surface area contributed by atoms with Crippen LogP contribution >= 0.6 is 0 Å². The van der Waals surface area contributed by atoms with E-state index in [-0.39, 0.29) is 5.82 Å². The monoisotopic (exact) mass is 266 g/mol. The van der Waals surface area contributed by atoms with Crippen LogP contribution in [0.2, 0.25) is 0 Å². The summed E-state index contributed by atoms with van der Waals surface area (Å²) in [6.45, 7) is 4.88. The van der Waals surface area contributed by atoms with Crippen molar-refractivity contribution < 1.29 is 9.13 Å². The van der Waals surface area contributed by atoms with Crippen molar-refractivity contribution in [2.45, 2.75) is 32.4 Å². The van der Waals surface area contributed by atoms with Crippen LogP contribution in [-0.2, 0) is 11.3 Å². The first-order chi connectivity index (χ1) is 9.26. The van der Waals surface area contributed by atoms with E-state index >= 15 is 0 Å². The van der Waals surface area contributed by atoms with Crippen molar-refractivity contribution in [2.24, 2.45) is 0 Å². The second-order valence-corrected chi connectivity index (χ2v) is 4.98. The summed E-state index contributed by atoms with van der Waals surface area (Å²) in [4.78, 5) is 2.04. The van der Waals surface area contributed by atoms with Crippen LogP contribution in [0.1, 0.15) is 25.3 Å². The first-order valence-corrected chi connectivity index (χ1v) is 7.01. The van der Waals surface area contributed by atoms with Gasteiger partial charge in [-0.15, -0.1) is 0 Å². The molecule has 0 saturated heterocycles. The van der Waals surface area contributed by atoms with Gasteiger partial charge in [0.15, 0.2) is 0 Å². The molecule has 0 spiro atoms. The second kappa shape index (κ2) is 6.87. The van der Waals surface area contributed by atoms with Crippen LogP contribution in [0.15, 0.2) is 18.2 Å². The summed E-state index contributed by atoms with van der Waals surface area (Å²) in [6.07, 6.45) is 2.48. The molecule has 1 aliphatic carbocycles. The van der Waals surface area contributed by atoms with Gasteiger partial charge in [-0.05, 0) is 31.4 Å². The molecule has 1 N–H and O–H groups in total. The fraction of sp³-hybridized carbons (Fsp3) is 0.600. The highest BCUT2D eigenvalue weighted by molar-refractivity contribution is 5.55. The molecule has 0 atom stereocenters. The highest BCUT2D eigenvalue weighted by Crippen LogP contribution is 2.26. The Morgan fingerprint density at radius 3 is 2.84 bits per heavy atom. The van der Waals surface area contributed by atoms with Gasteiger partial charge >= 0.3 is 0 Å². The van der Waals surface area contributed by atoms with Crippen molar-refractivity contribution in [2.75, 3.05) is 31.7 Å². The Labute approximate surface area is 114 Å². The third-order valence-corrected chi connectivity index (χ3v) is 3.49. The average Bonchev–Trinajstić information content (AvgIpc) is 3.23. The van der Waals surface area contributed by atoms with E-state index in [0.717, 1.165) is 24.3 Å². The lowest BCUT2D eigenvalue weighted by atomic mass is 10.1. The molecule has 1 aromatic carbocycles. The quantitative estimate of drug-likeness (QED) is 0.782. The molecule has 1 aliphatic rings. The van der Waals surface area contributed by atoms with Crippen LogP contribution in [0, 0.1) is 5.82 Å². The van der Waals surface area contributed by atoms with Gasteiger partial charge in [0.1, 0.15) is 5.82 Å². The number of halogens is 1. The predicted octanol–water partition coefficient (Wildman–Crippen LogP) is 2.55. The minimum Gasteiger partial charge on any atom is -0.383 e. The Kier molecular flexibility index (Phi) is 5.16. The van der Waals surface area contributed by atoms with Crippen molar-refractivity contribution in [1.29, 1.82) is 0 Å². The molecule has 0 amide bonds. The number of hydrogen-bond acceptors (Lipinski definition) is 3. The maximum absolute atomic E-state index is 14.1. The summed E-state index contributed by atoms with van der Waals surface area (Å²) in [5.41, 5.74) is 1.75. The van der Waals surface area contributed by atoms with Gasteiger partial charge in [-0.3, -0.25) is 0 Å². The van der Waals surface area contributed by atoms with Gasteiger partial charge in [0.2, 0.25) is 0 Å². The van der Waals surface area contributed by atoms with E-state index in [0.29, 0.717) is 19.2 Å². The molecule has 0 aliphatic heterocycles. The Balaban J connectivity index is 2.13. The third-order valence-electron chi connectivity index (χ3n) is 3.49. The topological polar surface area (TPSA) is 24.5 Å². The Bertz CT molecular complexity index is 407. The Morgan fingerprint density at radius 2 is 2.21 bits per heavy atom. The number of hydrogen-bond donors (Lipinski definition) is 1. The standard InChI is InChI=1S/C15H23FN2O/c1-3-18(9-10-19-2)15-12(5-4-6-14(15)16)11-17-13-7-8-13/h4-6,13,17H,3,7-11H2,1-2H3. The SMILES string of the molecule is CCN(CCOC)c1c(F)cccc1CNC1CC1. The molecule has 3 nitrogen and oxygen atoms in total. The van der Waals surface area contributed by atoms with E-state index in [2.05, 4.69) is 5.32 Å². The normalized spacial score (nSPS) is 14.7. The van der Waals surface area contributed by atoms with Crippen LogP contribution < -0.4 is 10.2 Å². The van der Waals surface area contributed by atoms with E-state index < -0.39 is 0 Å². The number of anilines is 1. The van der Waals surface area contributed by atoms with Gasteiger partial charge in [0, 0.05) is 32.8 Å². The zero-order valence-electron chi connectivity index (χ0n) is 11.8. The van der Waals surface area contributed by atoms with Gasteiger partial charge < -0.3 is 15.0 Å². The lowest BCUT2D eigenvalue weighted by Gasteiger charge is -2.26. The van der Waals surface area contributed by atoms with Gasteiger partial charge in [-0.25, -0.2) is 4.39 Å². The minimum atomic E-state index is -0.145. The molecule has 0 heterocycles. The fourth-order valence-corrected chi connectivity index (χ4v) is 2.23. The van der Waals surface area contributed by atoms with E-state index in [1.165, 1.54) is 18.9 Å². The number of nitrogens with zero attached hydrogens (tertiary/aromatic N) is 1. The number of rotatable bonds is 8. The Hall–Kier alpha value is -1.13. The van der Waals surface area contributed by atoms with Crippen molar-refractivity contribution in [3.63, 3.8) is 0 Å². The molecule has 2 rings (SSSR count). The van der Waals surface area contributed by atoms with Gasteiger partial charge in [-0.1, -0.05) is 12.1 Å². The van der Waals surface area contributed by atoms with E-state index in [1.54, 1.807) is 13.2 Å². The lowest BCUT2D eigenvalue weighted by molar-refractivity contribution is 0.205. The molecule has 19 heavy (non-hydrogen) atoms. The number of nitrogens with one attached hydrogen (secondary N) is 1. The van der Waals surface area contributed by atoms with E-state index in [9.17, 15) is 4.39 Å². The summed E-state index contributed by atoms with van der Waals surface area (Å²) in [7, 11) is 1.67. The molecular formula is C15H23FN2O. The summed E-state index contributed by atoms with van der Waals surface area (Å²) in [5.74, 6) is -0.145. The smallest absolute Gasteiger partial charge is 0.146 e. The van der Waals surface area contributed by atoms with Crippen molar-refractivity contribution in [3.05, 3.63) is 29.6 Å². The maximum atomic E-state index is 14.1. The lowest BCUT2D eigenvalue weighted by Crippen LogP contribution is -2.29. The number of para-hydroxylation sites is 1.